The number of nitrogens with zero attached hydrogens (tertiary/aromatic N) is 2. The van der Waals surface area contributed by atoms with Crippen LogP contribution in [0.25, 0.3) is 0 Å². The van der Waals surface area contributed by atoms with Crippen molar-refractivity contribution in [1.29, 1.82) is 0 Å². The minimum absolute atomic E-state index is 0.116. The Hall–Kier alpha value is -2.19. The third-order valence-electron chi connectivity index (χ3n) is 3.90. The fraction of sp³-hybridized carbons (Fsp3) is 0.562. The van der Waals surface area contributed by atoms with Crippen molar-refractivity contribution < 1.29 is 23.8 Å². The van der Waals surface area contributed by atoms with Gasteiger partial charge in [-0.05, 0) is 12.1 Å². The number of methoxy groups -OCH3 is 2. The molecule has 1 aliphatic heterocycles. The van der Waals surface area contributed by atoms with Crippen LogP contribution in [0.15, 0.2) is 18.3 Å². The molecule has 2 amide bonds. The van der Waals surface area contributed by atoms with Gasteiger partial charge in [0.1, 0.15) is 11.2 Å². The van der Waals surface area contributed by atoms with Crippen molar-refractivity contribution in [1.82, 2.24) is 15.2 Å². The lowest BCUT2D eigenvalue weighted by molar-refractivity contribution is -0.150. The first-order valence-corrected chi connectivity index (χ1v) is 7.67. The van der Waals surface area contributed by atoms with Crippen LogP contribution < -0.4 is 10.1 Å². The number of carbonyl (C=O) groups is 2. The molecule has 8 nitrogen and oxygen atoms in total. The van der Waals surface area contributed by atoms with Crippen molar-refractivity contribution in [2.24, 2.45) is 0 Å². The van der Waals surface area contributed by atoms with E-state index in [2.05, 4.69) is 10.3 Å². The Balaban J connectivity index is 2.21. The number of morpholine rings is 1. The summed E-state index contributed by atoms with van der Waals surface area (Å²) >= 11 is 0. The molecule has 24 heavy (non-hydrogen) atoms. The molecule has 0 saturated carbocycles. The predicted octanol–water partition coefficient (Wildman–Crippen LogP) is 0.0839. The number of nitrogens with one attached hydrogen (secondary N) is 1. The maximum atomic E-state index is 12.8. The summed E-state index contributed by atoms with van der Waals surface area (Å²) in [5.74, 6) is -0.0985. The Bertz CT molecular complexity index is 591. The largest absolute Gasteiger partial charge is 0.480 e. The van der Waals surface area contributed by atoms with Crippen molar-refractivity contribution in [2.45, 2.75) is 12.0 Å². The predicted molar refractivity (Wildman–Crippen MR) is 85.9 cm³/mol. The highest BCUT2D eigenvalue weighted by molar-refractivity contribution is 5.96. The summed E-state index contributed by atoms with van der Waals surface area (Å²) in [7, 11) is 4.58. The van der Waals surface area contributed by atoms with Crippen molar-refractivity contribution in [3.05, 3.63) is 23.9 Å². The van der Waals surface area contributed by atoms with Crippen LogP contribution in [0.4, 0.5) is 0 Å². The van der Waals surface area contributed by atoms with Gasteiger partial charge in [-0.3, -0.25) is 9.59 Å². The number of aromatic nitrogens is 1. The summed E-state index contributed by atoms with van der Waals surface area (Å²) in [4.78, 5) is 30.4. The van der Waals surface area contributed by atoms with Crippen molar-refractivity contribution in [3.8, 4) is 5.88 Å². The van der Waals surface area contributed by atoms with E-state index in [9.17, 15) is 9.59 Å². The molecule has 2 rings (SSSR count). The third kappa shape index (κ3) is 4.01. The van der Waals surface area contributed by atoms with Gasteiger partial charge in [0.15, 0.2) is 0 Å². The Morgan fingerprint density at radius 2 is 2.25 bits per heavy atom. The van der Waals surface area contributed by atoms with E-state index >= 15 is 0 Å². The molecule has 1 saturated heterocycles. The van der Waals surface area contributed by atoms with Crippen LogP contribution in [-0.2, 0) is 14.3 Å². The highest BCUT2D eigenvalue weighted by atomic mass is 16.5. The summed E-state index contributed by atoms with van der Waals surface area (Å²) in [6, 6.07) is 3.35. The first-order valence-electron chi connectivity index (χ1n) is 7.67. The molecule has 1 atom stereocenters. The van der Waals surface area contributed by atoms with E-state index in [-0.39, 0.29) is 37.3 Å². The van der Waals surface area contributed by atoms with Crippen LogP contribution >= 0.6 is 0 Å². The van der Waals surface area contributed by atoms with Gasteiger partial charge < -0.3 is 24.4 Å². The smallest absolute Gasteiger partial charge is 0.259 e. The van der Waals surface area contributed by atoms with Crippen LogP contribution in [0, 0.1) is 0 Å². The fourth-order valence-electron chi connectivity index (χ4n) is 2.79. The van der Waals surface area contributed by atoms with E-state index in [1.807, 2.05) is 0 Å². The van der Waals surface area contributed by atoms with Gasteiger partial charge in [-0.1, -0.05) is 0 Å². The van der Waals surface area contributed by atoms with E-state index in [1.165, 1.54) is 7.11 Å². The van der Waals surface area contributed by atoms with Gasteiger partial charge in [-0.2, -0.15) is 0 Å². The number of hydrogen-bond donors (Lipinski definition) is 1. The van der Waals surface area contributed by atoms with Crippen LogP contribution in [0.1, 0.15) is 16.8 Å². The second-order valence-corrected chi connectivity index (χ2v) is 5.60. The molecule has 1 aromatic rings. The topological polar surface area (TPSA) is 90.0 Å². The quantitative estimate of drug-likeness (QED) is 0.791. The molecule has 0 aliphatic carbocycles. The molecule has 1 aromatic heterocycles. The molecule has 1 aliphatic rings. The van der Waals surface area contributed by atoms with E-state index < -0.39 is 5.60 Å². The molecule has 0 aromatic carbocycles. The highest BCUT2D eigenvalue weighted by Gasteiger charge is 2.41. The summed E-state index contributed by atoms with van der Waals surface area (Å²) in [5, 5.41) is 2.58. The maximum Gasteiger partial charge on any atom is 0.259 e. The zero-order valence-electron chi connectivity index (χ0n) is 14.2. The summed E-state index contributed by atoms with van der Waals surface area (Å²) < 4.78 is 16.2. The molecule has 0 radical (unpaired) electrons. The molecule has 1 N–H and O–H groups in total. The van der Waals surface area contributed by atoms with Gasteiger partial charge in [0, 0.05) is 26.9 Å². The van der Waals surface area contributed by atoms with E-state index in [1.54, 1.807) is 37.4 Å². The number of carbonyl (C=O) groups excluding carboxylic acids is 2. The van der Waals surface area contributed by atoms with Gasteiger partial charge >= 0.3 is 0 Å². The average molecular weight is 337 g/mol. The summed E-state index contributed by atoms with van der Waals surface area (Å²) in [5.41, 5.74) is -0.480. The summed E-state index contributed by atoms with van der Waals surface area (Å²) in [6.45, 7) is 1.23. The number of ether oxygens (including phenoxy) is 3. The first kappa shape index (κ1) is 18.2. The molecule has 0 bridgehead atoms. The number of amides is 2. The van der Waals surface area contributed by atoms with Gasteiger partial charge in [0.05, 0.1) is 33.3 Å². The minimum Gasteiger partial charge on any atom is -0.480 e. The van der Waals surface area contributed by atoms with Gasteiger partial charge in [-0.25, -0.2) is 4.98 Å². The van der Waals surface area contributed by atoms with Gasteiger partial charge in [0.25, 0.3) is 5.91 Å². The van der Waals surface area contributed by atoms with Crippen LogP contribution in [0.5, 0.6) is 5.88 Å². The monoisotopic (exact) mass is 337 g/mol. The van der Waals surface area contributed by atoms with E-state index in [0.717, 1.165) is 0 Å². The van der Waals surface area contributed by atoms with E-state index in [0.29, 0.717) is 18.7 Å². The van der Waals surface area contributed by atoms with Crippen molar-refractivity contribution in [2.75, 3.05) is 47.6 Å². The van der Waals surface area contributed by atoms with Crippen molar-refractivity contribution in [3.63, 3.8) is 0 Å². The Morgan fingerprint density at radius 3 is 2.92 bits per heavy atom. The maximum absolute atomic E-state index is 12.8. The van der Waals surface area contributed by atoms with Crippen LogP contribution in [-0.4, -0.2) is 74.9 Å². The molecular weight excluding hydrogens is 314 g/mol. The molecule has 2 heterocycles. The van der Waals surface area contributed by atoms with Gasteiger partial charge in [-0.15, -0.1) is 0 Å². The normalized spacial score (nSPS) is 20.5. The van der Waals surface area contributed by atoms with Crippen LogP contribution in [0.3, 0.4) is 0 Å². The molecule has 0 unspecified atom stereocenters. The SMILES string of the molecule is CNC(=O)C[C@]1(COC)CN(C(=O)c2cccnc2OC)CCO1. The zero-order valence-corrected chi connectivity index (χ0v) is 14.2. The molecule has 1 fully saturated rings. The second kappa shape index (κ2) is 8.07. The molecule has 0 spiro atoms. The lowest BCUT2D eigenvalue weighted by atomic mass is 9.97. The zero-order chi connectivity index (χ0) is 17.6. The standard InChI is InChI=1S/C16H23N3O5/c1-17-13(20)9-16(11-22-2)10-19(7-8-24-16)15(21)12-5-4-6-18-14(12)23-3/h4-6H,7-11H2,1-3H3,(H,17,20)/t16-/m1/s1. The Kier molecular flexibility index (Phi) is 6.10. The minimum atomic E-state index is -0.863. The lowest BCUT2D eigenvalue weighted by Gasteiger charge is -2.42. The fourth-order valence-corrected chi connectivity index (χ4v) is 2.79. The van der Waals surface area contributed by atoms with Crippen LogP contribution in [0.2, 0.25) is 0 Å². The highest BCUT2D eigenvalue weighted by Crippen LogP contribution is 2.25. The second-order valence-electron chi connectivity index (χ2n) is 5.60. The first-order chi connectivity index (χ1) is 11.5. The molecular formula is C16H23N3O5. The Labute approximate surface area is 141 Å². The summed E-state index contributed by atoms with van der Waals surface area (Å²) in [6.07, 6.45) is 1.68. The average Bonchev–Trinajstić information content (AvgIpc) is 2.61. The number of pyridine rings is 1. The van der Waals surface area contributed by atoms with E-state index in [4.69, 9.17) is 14.2 Å². The molecule has 8 heteroatoms. The lowest BCUT2D eigenvalue weighted by Crippen LogP contribution is -2.57. The number of hydrogen-bond acceptors (Lipinski definition) is 6. The van der Waals surface area contributed by atoms with Gasteiger partial charge in [0.2, 0.25) is 11.8 Å². The third-order valence-corrected chi connectivity index (χ3v) is 3.90. The Morgan fingerprint density at radius 1 is 1.46 bits per heavy atom. The number of rotatable bonds is 6. The van der Waals surface area contributed by atoms with Crippen molar-refractivity contribution >= 4 is 11.8 Å². The molecule has 132 valence electrons.